The number of pyridine rings is 1. The Hall–Kier alpha value is -2.21. The molecule has 25 heavy (non-hydrogen) atoms. The van der Waals surface area contributed by atoms with E-state index in [1.54, 1.807) is 0 Å². The first-order chi connectivity index (χ1) is 11.7. The van der Waals surface area contributed by atoms with E-state index in [4.69, 9.17) is 4.52 Å². The van der Waals surface area contributed by atoms with E-state index in [1.165, 1.54) is 29.6 Å². The largest absolute Gasteiger partial charge is 0.468 e. The smallest absolute Gasteiger partial charge is 0.422 e. The predicted octanol–water partition coefficient (Wildman–Crippen LogP) is 1.78. The Kier molecular flexibility index (Phi) is 4.41. The molecule has 1 saturated heterocycles. The molecule has 12 heteroatoms. The average Bonchev–Trinajstić information content (AvgIpc) is 3.11. The highest BCUT2D eigenvalue weighted by Crippen LogP contribution is 2.34. The molecule has 1 aliphatic rings. The number of halogens is 3. The van der Waals surface area contributed by atoms with Crippen LogP contribution in [0.15, 0.2) is 22.7 Å². The van der Waals surface area contributed by atoms with Gasteiger partial charge in [0, 0.05) is 19.7 Å². The zero-order valence-corrected chi connectivity index (χ0v) is 13.7. The van der Waals surface area contributed by atoms with Gasteiger partial charge >= 0.3 is 6.18 Å². The second-order valence-corrected chi connectivity index (χ2v) is 7.59. The minimum absolute atomic E-state index is 0.0304. The van der Waals surface area contributed by atoms with Crippen molar-refractivity contribution in [2.24, 2.45) is 0 Å². The summed E-state index contributed by atoms with van der Waals surface area (Å²) in [6.45, 7) is -1.14. The normalized spacial score (nSPS) is 20.7. The van der Waals surface area contributed by atoms with Crippen molar-refractivity contribution in [1.82, 2.24) is 19.4 Å². The SMILES string of the molecule is CN1CCC(c2nc(-c3cccc(OCC(F)(F)F)n3)no2)S1(=O)=O. The molecule has 2 aromatic heterocycles. The first-order valence-corrected chi connectivity index (χ1v) is 8.63. The third-order valence-corrected chi connectivity index (χ3v) is 5.76. The van der Waals surface area contributed by atoms with E-state index in [0.717, 1.165) is 0 Å². The van der Waals surface area contributed by atoms with Crippen LogP contribution in [0.3, 0.4) is 0 Å². The average molecular weight is 378 g/mol. The molecule has 0 bridgehead atoms. The molecule has 1 unspecified atom stereocenters. The lowest BCUT2D eigenvalue weighted by molar-refractivity contribution is -0.154. The number of aromatic nitrogens is 3. The lowest BCUT2D eigenvalue weighted by Gasteiger charge is -2.08. The standard InChI is InChI=1S/C13H13F3N4O4S/c1-20-6-5-9(25(20,21)22)12-18-11(19-24-12)8-3-2-4-10(17-8)23-7-13(14,15)16/h2-4,9H,5-7H2,1H3. The Bertz CT molecular complexity index is 868. The first-order valence-electron chi connectivity index (χ1n) is 7.12. The molecule has 3 rings (SSSR count). The van der Waals surface area contributed by atoms with Gasteiger partial charge in [0.05, 0.1) is 0 Å². The second kappa shape index (κ2) is 6.26. The summed E-state index contributed by atoms with van der Waals surface area (Å²) in [7, 11) is -2.10. The first kappa shape index (κ1) is 17.6. The molecular formula is C13H13F3N4O4S. The lowest BCUT2D eigenvalue weighted by atomic mass is 10.3. The number of nitrogens with zero attached hydrogens (tertiary/aromatic N) is 4. The summed E-state index contributed by atoms with van der Waals surface area (Å²) in [4.78, 5) is 7.89. The van der Waals surface area contributed by atoms with Gasteiger partial charge in [-0.3, -0.25) is 0 Å². The fourth-order valence-electron chi connectivity index (χ4n) is 2.29. The van der Waals surface area contributed by atoms with Crippen molar-refractivity contribution in [3.63, 3.8) is 0 Å². The van der Waals surface area contributed by atoms with Crippen LogP contribution in [-0.4, -0.2) is 54.2 Å². The molecule has 1 aliphatic heterocycles. The summed E-state index contributed by atoms with van der Waals surface area (Å²) < 4.78 is 71.6. The molecule has 0 spiro atoms. The van der Waals surface area contributed by atoms with Gasteiger partial charge < -0.3 is 9.26 Å². The van der Waals surface area contributed by atoms with Gasteiger partial charge in [0.2, 0.25) is 27.6 Å². The van der Waals surface area contributed by atoms with E-state index >= 15 is 0 Å². The van der Waals surface area contributed by atoms with E-state index < -0.39 is 28.1 Å². The van der Waals surface area contributed by atoms with Crippen molar-refractivity contribution in [2.45, 2.75) is 17.8 Å². The molecule has 0 radical (unpaired) electrons. The van der Waals surface area contributed by atoms with Crippen molar-refractivity contribution in [1.29, 1.82) is 0 Å². The number of alkyl halides is 3. The highest BCUT2D eigenvalue weighted by atomic mass is 32.2. The Morgan fingerprint density at radius 2 is 2.12 bits per heavy atom. The molecular weight excluding hydrogens is 365 g/mol. The van der Waals surface area contributed by atoms with Crippen molar-refractivity contribution in [2.75, 3.05) is 20.2 Å². The van der Waals surface area contributed by atoms with Crippen LogP contribution < -0.4 is 4.74 Å². The van der Waals surface area contributed by atoms with Crippen LogP contribution in [0.25, 0.3) is 11.5 Å². The van der Waals surface area contributed by atoms with Crippen LogP contribution in [0.2, 0.25) is 0 Å². The van der Waals surface area contributed by atoms with Gasteiger partial charge in [-0.2, -0.15) is 18.2 Å². The summed E-state index contributed by atoms with van der Waals surface area (Å²) in [5.41, 5.74) is 0.110. The molecule has 0 N–H and O–H groups in total. The molecule has 0 aliphatic carbocycles. The Morgan fingerprint density at radius 1 is 1.36 bits per heavy atom. The Balaban J connectivity index is 1.81. The van der Waals surface area contributed by atoms with Crippen LogP contribution >= 0.6 is 0 Å². The highest BCUT2D eigenvalue weighted by molar-refractivity contribution is 7.89. The molecule has 0 saturated carbocycles. The Labute approximate surface area is 140 Å². The molecule has 0 aromatic carbocycles. The van der Waals surface area contributed by atoms with Crippen LogP contribution in [0.1, 0.15) is 17.6 Å². The minimum Gasteiger partial charge on any atom is -0.468 e. The van der Waals surface area contributed by atoms with E-state index in [9.17, 15) is 21.6 Å². The number of ether oxygens (including phenoxy) is 1. The monoisotopic (exact) mass is 378 g/mol. The van der Waals surface area contributed by atoms with E-state index in [0.29, 0.717) is 13.0 Å². The van der Waals surface area contributed by atoms with Crippen LogP contribution in [0.5, 0.6) is 5.88 Å². The fraction of sp³-hybridized carbons (Fsp3) is 0.462. The second-order valence-electron chi connectivity index (χ2n) is 5.36. The fourth-order valence-corrected chi connectivity index (χ4v) is 3.84. The third kappa shape index (κ3) is 3.74. The lowest BCUT2D eigenvalue weighted by Crippen LogP contribution is -2.22. The highest BCUT2D eigenvalue weighted by Gasteiger charge is 2.41. The summed E-state index contributed by atoms with van der Waals surface area (Å²) in [5.74, 6) is -0.366. The summed E-state index contributed by atoms with van der Waals surface area (Å²) >= 11 is 0. The topological polar surface area (TPSA) is 98.4 Å². The quantitative estimate of drug-likeness (QED) is 0.800. The number of sulfonamides is 1. The van der Waals surface area contributed by atoms with E-state index in [-0.39, 0.29) is 23.3 Å². The number of hydrogen-bond donors (Lipinski definition) is 0. The van der Waals surface area contributed by atoms with Gasteiger partial charge in [-0.25, -0.2) is 17.7 Å². The zero-order valence-electron chi connectivity index (χ0n) is 12.9. The van der Waals surface area contributed by atoms with Crippen molar-refractivity contribution >= 4 is 10.0 Å². The molecule has 1 atom stereocenters. The predicted molar refractivity (Wildman–Crippen MR) is 78.0 cm³/mol. The molecule has 8 nitrogen and oxygen atoms in total. The molecule has 3 heterocycles. The van der Waals surface area contributed by atoms with Crippen LogP contribution in [-0.2, 0) is 10.0 Å². The maximum atomic E-state index is 12.2. The zero-order chi connectivity index (χ0) is 18.2. The van der Waals surface area contributed by atoms with Crippen LogP contribution in [0.4, 0.5) is 13.2 Å². The number of rotatable bonds is 4. The van der Waals surface area contributed by atoms with Crippen molar-refractivity contribution in [3.05, 3.63) is 24.1 Å². The molecule has 2 aromatic rings. The van der Waals surface area contributed by atoms with Gasteiger partial charge in [-0.15, -0.1) is 0 Å². The minimum atomic E-state index is -4.49. The van der Waals surface area contributed by atoms with E-state index in [2.05, 4.69) is 19.9 Å². The van der Waals surface area contributed by atoms with Gasteiger partial charge in [0.1, 0.15) is 5.69 Å². The van der Waals surface area contributed by atoms with Gasteiger partial charge in [0.25, 0.3) is 0 Å². The molecule has 1 fully saturated rings. The maximum absolute atomic E-state index is 12.2. The van der Waals surface area contributed by atoms with Crippen molar-refractivity contribution < 1.29 is 30.8 Å². The summed E-state index contributed by atoms with van der Waals surface area (Å²) in [6.07, 6.45) is -4.18. The molecule has 136 valence electrons. The van der Waals surface area contributed by atoms with Gasteiger partial charge in [-0.05, 0) is 12.5 Å². The summed E-state index contributed by atoms with van der Waals surface area (Å²) in [5, 5.41) is 2.72. The summed E-state index contributed by atoms with van der Waals surface area (Å²) in [6, 6.07) is 4.13. The molecule has 0 amide bonds. The number of hydrogen-bond acceptors (Lipinski definition) is 7. The van der Waals surface area contributed by atoms with Crippen molar-refractivity contribution in [3.8, 4) is 17.4 Å². The van der Waals surface area contributed by atoms with Gasteiger partial charge in [-0.1, -0.05) is 11.2 Å². The van der Waals surface area contributed by atoms with E-state index in [1.807, 2.05) is 0 Å². The van der Waals surface area contributed by atoms with Crippen LogP contribution in [0, 0.1) is 0 Å². The van der Waals surface area contributed by atoms with Gasteiger partial charge in [0.15, 0.2) is 11.9 Å². The maximum Gasteiger partial charge on any atom is 0.422 e. The third-order valence-electron chi connectivity index (χ3n) is 3.55. The Morgan fingerprint density at radius 3 is 2.76 bits per heavy atom.